The van der Waals surface area contributed by atoms with Gasteiger partial charge < -0.3 is 14.1 Å². The van der Waals surface area contributed by atoms with Gasteiger partial charge in [-0.1, -0.05) is 0 Å². The van der Waals surface area contributed by atoms with Gasteiger partial charge in [0.25, 0.3) is 5.56 Å². The number of hydrogen-bond donors (Lipinski definition) is 2. The van der Waals surface area contributed by atoms with E-state index in [0.717, 1.165) is 6.26 Å². The van der Waals surface area contributed by atoms with Gasteiger partial charge in [0, 0.05) is 25.2 Å². The summed E-state index contributed by atoms with van der Waals surface area (Å²) in [6, 6.07) is 3.33. The highest BCUT2D eigenvalue weighted by Crippen LogP contribution is 2.38. The Morgan fingerprint density at radius 1 is 1.29 bits per heavy atom. The second-order valence-corrected chi connectivity index (χ2v) is 9.59. The number of aryl methyl sites for hydroxylation is 1. The molecule has 0 unspecified atom stereocenters. The molecule has 0 aliphatic heterocycles. The van der Waals surface area contributed by atoms with E-state index < -0.39 is 22.0 Å². The average molecular weight is 452 g/mol. The highest BCUT2D eigenvalue weighted by atomic mass is 32.2. The molecule has 3 aromatic rings. The summed E-state index contributed by atoms with van der Waals surface area (Å²) in [5.74, 6) is -2.50. The van der Waals surface area contributed by atoms with E-state index in [-0.39, 0.29) is 42.8 Å². The van der Waals surface area contributed by atoms with Gasteiger partial charge in [0.05, 0.1) is 29.4 Å². The molecule has 11 heteroatoms. The molecular formula is C20H22F2N4O4S. The van der Waals surface area contributed by atoms with Crippen molar-refractivity contribution in [3.63, 3.8) is 0 Å². The van der Waals surface area contributed by atoms with Gasteiger partial charge in [0.2, 0.25) is 21.8 Å². The molecule has 2 N–H and O–H groups in total. The summed E-state index contributed by atoms with van der Waals surface area (Å²) in [5, 5.41) is 0. The number of hydrogen-bond acceptors (Lipinski definition) is 5. The van der Waals surface area contributed by atoms with Crippen LogP contribution in [0.25, 0.3) is 16.8 Å². The van der Waals surface area contributed by atoms with Crippen LogP contribution in [0.2, 0.25) is 0 Å². The quantitative estimate of drug-likeness (QED) is 0.618. The van der Waals surface area contributed by atoms with Gasteiger partial charge in [-0.2, -0.15) is 0 Å². The molecule has 0 bridgehead atoms. The third-order valence-corrected chi connectivity index (χ3v) is 5.86. The van der Waals surface area contributed by atoms with Crippen molar-refractivity contribution < 1.29 is 21.9 Å². The van der Waals surface area contributed by atoms with Crippen molar-refractivity contribution in [2.24, 2.45) is 0 Å². The van der Waals surface area contributed by atoms with Gasteiger partial charge >= 0.3 is 0 Å². The largest absolute Gasteiger partial charge is 0.474 e. The van der Waals surface area contributed by atoms with Crippen LogP contribution < -0.4 is 15.0 Å². The van der Waals surface area contributed by atoms with Gasteiger partial charge in [0.15, 0.2) is 0 Å². The monoisotopic (exact) mass is 452 g/mol. The number of ether oxygens (including phenoxy) is 1. The Morgan fingerprint density at radius 2 is 2.00 bits per heavy atom. The Morgan fingerprint density at radius 3 is 2.68 bits per heavy atom. The van der Waals surface area contributed by atoms with E-state index in [2.05, 4.69) is 14.7 Å². The molecule has 1 saturated carbocycles. The maximum absolute atomic E-state index is 13.5. The lowest BCUT2D eigenvalue weighted by atomic mass is 9.94. The standard InChI is InChI=1S/C20H22F2N4O4S/c1-12-9-16(26-8-7-23-18(27)17(12)26)15-10-13(25-31(2,28)29)11-24-19(15)30-14-3-5-20(21,22)6-4-14/h7-11,14,25H,3-6H2,1-2H3,(H,23,27). The molecule has 0 atom stereocenters. The van der Waals surface area contributed by atoms with Crippen molar-refractivity contribution in [3.05, 3.63) is 46.6 Å². The number of anilines is 1. The van der Waals surface area contributed by atoms with Gasteiger partial charge in [0.1, 0.15) is 11.6 Å². The van der Waals surface area contributed by atoms with Crippen LogP contribution in [0.15, 0.2) is 35.5 Å². The highest BCUT2D eigenvalue weighted by molar-refractivity contribution is 7.92. The molecule has 1 aliphatic carbocycles. The highest BCUT2D eigenvalue weighted by Gasteiger charge is 2.36. The van der Waals surface area contributed by atoms with Gasteiger partial charge in [-0.05, 0) is 37.5 Å². The predicted molar refractivity (Wildman–Crippen MR) is 112 cm³/mol. The molecular weight excluding hydrogens is 430 g/mol. The third kappa shape index (κ3) is 4.55. The van der Waals surface area contributed by atoms with Crippen LogP contribution in [-0.2, 0) is 10.0 Å². The maximum atomic E-state index is 13.5. The molecule has 0 aromatic carbocycles. The van der Waals surface area contributed by atoms with E-state index in [1.807, 2.05) is 0 Å². The van der Waals surface area contributed by atoms with Crippen molar-refractivity contribution in [1.82, 2.24) is 14.4 Å². The smallest absolute Gasteiger partial charge is 0.272 e. The summed E-state index contributed by atoms with van der Waals surface area (Å²) in [4.78, 5) is 19.2. The molecule has 0 amide bonds. The fourth-order valence-electron chi connectivity index (χ4n) is 3.85. The summed E-state index contributed by atoms with van der Waals surface area (Å²) in [6.45, 7) is 1.78. The van der Waals surface area contributed by atoms with Crippen molar-refractivity contribution >= 4 is 21.2 Å². The normalized spacial score (nSPS) is 17.0. The number of fused-ring (bicyclic) bond motifs is 1. The predicted octanol–water partition coefficient (Wildman–Crippen LogP) is 3.33. The van der Waals surface area contributed by atoms with Crippen LogP contribution in [0.1, 0.15) is 31.2 Å². The first kappa shape index (κ1) is 21.3. The summed E-state index contributed by atoms with van der Waals surface area (Å²) in [6.07, 6.45) is 4.91. The summed E-state index contributed by atoms with van der Waals surface area (Å²) >= 11 is 0. The molecule has 0 saturated heterocycles. The zero-order valence-electron chi connectivity index (χ0n) is 17.0. The van der Waals surface area contributed by atoms with Crippen LogP contribution in [0.5, 0.6) is 5.88 Å². The molecule has 0 radical (unpaired) electrons. The lowest BCUT2D eigenvalue weighted by molar-refractivity contribution is -0.0587. The molecule has 1 aliphatic rings. The number of nitrogens with zero attached hydrogens (tertiary/aromatic N) is 2. The maximum Gasteiger partial charge on any atom is 0.272 e. The number of H-pyrrole nitrogens is 1. The van der Waals surface area contributed by atoms with Gasteiger partial charge in [-0.15, -0.1) is 0 Å². The first-order valence-electron chi connectivity index (χ1n) is 9.74. The van der Waals surface area contributed by atoms with E-state index in [9.17, 15) is 22.0 Å². The summed E-state index contributed by atoms with van der Waals surface area (Å²) < 4.78 is 60.4. The van der Waals surface area contributed by atoms with Gasteiger partial charge in [-0.25, -0.2) is 22.2 Å². The topological polar surface area (TPSA) is 106 Å². The molecule has 0 spiro atoms. The fourth-order valence-corrected chi connectivity index (χ4v) is 4.39. The second kappa shape index (κ2) is 7.63. The molecule has 1 fully saturated rings. The number of aromatic nitrogens is 3. The van der Waals surface area contributed by atoms with Crippen molar-refractivity contribution in [2.45, 2.75) is 44.6 Å². The number of nitrogens with one attached hydrogen (secondary N) is 2. The number of rotatable bonds is 5. The van der Waals surface area contributed by atoms with Crippen LogP contribution in [-0.4, -0.2) is 41.1 Å². The van der Waals surface area contributed by atoms with E-state index >= 15 is 0 Å². The minimum atomic E-state index is -3.55. The Hall–Kier alpha value is -2.95. The van der Waals surface area contributed by atoms with Crippen molar-refractivity contribution in [2.75, 3.05) is 11.0 Å². The molecule has 8 nitrogen and oxygen atoms in total. The van der Waals surface area contributed by atoms with E-state index in [1.54, 1.807) is 29.7 Å². The third-order valence-electron chi connectivity index (χ3n) is 5.25. The van der Waals surface area contributed by atoms with Crippen LogP contribution in [0.3, 0.4) is 0 Å². The molecule has 3 aromatic heterocycles. The van der Waals surface area contributed by atoms with E-state index in [4.69, 9.17) is 4.74 Å². The van der Waals surface area contributed by atoms with Crippen molar-refractivity contribution in [1.29, 1.82) is 0 Å². The van der Waals surface area contributed by atoms with Crippen molar-refractivity contribution in [3.8, 4) is 17.1 Å². The molecule has 4 rings (SSSR count). The zero-order chi connectivity index (χ0) is 22.4. The minimum Gasteiger partial charge on any atom is -0.474 e. The number of halogens is 2. The summed E-state index contributed by atoms with van der Waals surface area (Å²) in [5.41, 5.74) is 2.10. The van der Waals surface area contributed by atoms with E-state index in [0.29, 0.717) is 22.3 Å². The van der Waals surface area contributed by atoms with Crippen LogP contribution >= 0.6 is 0 Å². The first-order chi connectivity index (χ1) is 14.5. The van der Waals surface area contributed by atoms with E-state index in [1.165, 1.54) is 12.4 Å². The Labute approximate surface area is 177 Å². The number of alkyl halides is 2. The molecule has 3 heterocycles. The average Bonchev–Trinajstić information content (AvgIpc) is 3.01. The van der Waals surface area contributed by atoms with Crippen LogP contribution in [0.4, 0.5) is 14.5 Å². The lowest BCUT2D eigenvalue weighted by Gasteiger charge is -2.28. The lowest BCUT2D eigenvalue weighted by Crippen LogP contribution is -2.31. The van der Waals surface area contributed by atoms with Crippen LogP contribution in [0, 0.1) is 6.92 Å². The number of aromatic amines is 1. The Balaban J connectivity index is 1.80. The SMILES string of the molecule is Cc1cc(-c2cc(NS(C)(=O)=O)cnc2OC2CCC(F)(F)CC2)n2cc[nH]c(=O)c12. The Kier molecular flexibility index (Phi) is 5.24. The summed E-state index contributed by atoms with van der Waals surface area (Å²) in [7, 11) is -3.55. The first-order valence-corrected chi connectivity index (χ1v) is 11.6. The molecule has 31 heavy (non-hydrogen) atoms. The Bertz CT molecular complexity index is 1290. The molecule has 166 valence electrons. The second-order valence-electron chi connectivity index (χ2n) is 7.84. The van der Waals surface area contributed by atoms with Gasteiger partial charge in [-0.3, -0.25) is 9.52 Å². The minimum absolute atomic E-state index is 0.186. The fraction of sp³-hybridized carbons (Fsp3) is 0.400. The zero-order valence-corrected chi connectivity index (χ0v) is 17.8. The number of pyridine rings is 1. The number of sulfonamides is 1.